The van der Waals surface area contributed by atoms with Gasteiger partial charge in [-0.05, 0) is 5.56 Å². The Hall–Kier alpha value is -2.94. The summed E-state index contributed by atoms with van der Waals surface area (Å²) in [7, 11) is 3.56. The predicted molar refractivity (Wildman–Crippen MR) is 101 cm³/mol. The number of nitrogens with two attached hydrogens (primary N) is 1. The average molecular weight is 357 g/mol. The van der Waals surface area contributed by atoms with Crippen LogP contribution in [0.3, 0.4) is 0 Å². The summed E-state index contributed by atoms with van der Waals surface area (Å²) in [5, 5.41) is 11.5. The van der Waals surface area contributed by atoms with E-state index >= 15 is 0 Å². The van der Waals surface area contributed by atoms with Gasteiger partial charge in [0.2, 0.25) is 17.6 Å². The van der Waals surface area contributed by atoms with Crippen LogP contribution in [0, 0.1) is 10.1 Å². The second kappa shape index (κ2) is 7.52. The van der Waals surface area contributed by atoms with Gasteiger partial charge in [0.05, 0.1) is 4.92 Å². The van der Waals surface area contributed by atoms with Gasteiger partial charge in [-0.15, -0.1) is 0 Å². The molecule has 1 saturated heterocycles. The van der Waals surface area contributed by atoms with Gasteiger partial charge >= 0.3 is 5.69 Å². The van der Waals surface area contributed by atoms with Crippen molar-refractivity contribution < 1.29 is 4.92 Å². The molecule has 9 heteroatoms. The lowest BCUT2D eigenvalue weighted by Gasteiger charge is -2.35. The molecule has 2 N–H and O–H groups in total. The summed E-state index contributed by atoms with van der Waals surface area (Å²) in [6.45, 7) is 3.76. The van der Waals surface area contributed by atoms with E-state index in [1.165, 1.54) is 5.56 Å². The van der Waals surface area contributed by atoms with Gasteiger partial charge in [-0.3, -0.25) is 15.0 Å². The molecule has 1 fully saturated rings. The van der Waals surface area contributed by atoms with E-state index in [2.05, 4.69) is 27.0 Å². The first-order valence-electron chi connectivity index (χ1n) is 8.46. The molecule has 1 aromatic carbocycles. The third-order valence-corrected chi connectivity index (χ3v) is 4.38. The van der Waals surface area contributed by atoms with Crippen molar-refractivity contribution in [3.8, 4) is 0 Å². The van der Waals surface area contributed by atoms with Crippen LogP contribution in [-0.4, -0.2) is 60.1 Å². The molecule has 0 unspecified atom stereocenters. The normalized spacial score (nSPS) is 15.1. The van der Waals surface area contributed by atoms with E-state index in [1.807, 2.05) is 23.1 Å². The molecule has 1 aliphatic rings. The van der Waals surface area contributed by atoms with E-state index in [1.54, 1.807) is 19.0 Å². The Bertz CT molecular complexity index is 774. The lowest BCUT2D eigenvalue weighted by molar-refractivity contribution is -0.383. The fourth-order valence-electron chi connectivity index (χ4n) is 3.00. The van der Waals surface area contributed by atoms with Crippen molar-refractivity contribution in [1.82, 2.24) is 14.9 Å². The average Bonchev–Trinajstić information content (AvgIpc) is 2.62. The van der Waals surface area contributed by atoms with Crippen LogP contribution in [0.15, 0.2) is 30.3 Å². The molecule has 0 aliphatic carbocycles. The third-order valence-electron chi connectivity index (χ3n) is 4.38. The van der Waals surface area contributed by atoms with Gasteiger partial charge in [-0.2, -0.15) is 9.97 Å². The minimum absolute atomic E-state index is 0.101. The van der Waals surface area contributed by atoms with Crippen LogP contribution in [0.25, 0.3) is 0 Å². The highest BCUT2D eigenvalue weighted by atomic mass is 16.6. The first kappa shape index (κ1) is 17.9. The molecular formula is C17H23N7O2. The predicted octanol–water partition coefficient (Wildman–Crippen LogP) is 1.36. The molecular weight excluding hydrogens is 334 g/mol. The van der Waals surface area contributed by atoms with Gasteiger partial charge in [-0.1, -0.05) is 30.3 Å². The molecule has 138 valence electrons. The third kappa shape index (κ3) is 3.83. The quantitative estimate of drug-likeness (QED) is 0.632. The Morgan fingerprint density at radius 1 is 1.15 bits per heavy atom. The van der Waals surface area contributed by atoms with Crippen molar-refractivity contribution in [2.45, 2.75) is 6.54 Å². The van der Waals surface area contributed by atoms with E-state index in [4.69, 9.17) is 5.73 Å². The number of benzene rings is 1. The number of nitrogen functional groups attached to an aromatic ring is 1. The van der Waals surface area contributed by atoms with Gasteiger partial charge in [0.15, 0.2) is 0 Å². The lowest BCUT2D eigenvalue weighted by Crippen LogP contribution is -2.46. The standard InChI is InChI=1S/C17H23N7O2/c1-21(2)17-19-15(18)14(24(25)26)16(20-17)23-10-8-22(9-11-23)12-13-6-4-3-5-7-13/h3-7H,8-12H2,1-2H3,(H2,18,19,20). The van der Waals surface area contributed by atoms with Crippen molar-refractivity contribution >= 4 is 23.3 Å². The molecule has 1 aliphatic heterocycles. The first-order valence-corrected chi connectivity index (χ1v) is 8.46. The Morgan fingerprint density at radius 3 is 2.38 bits per heavy atom. The highest BCUT2D eigenvalue weighted by molar-refractivity contribution is 5.71. The van der Waals surface area contributed by atoms with Gasteiger partial charge in [-0.25, -0.2) is 0 Å². The molecule has 0 radical (unpaired) electrons. The van der Waals surface area contributed by atoms with E-state index in [9.17, 15) is 10.1 Å². The van der Waals surface area contributed by atoms with Crippen molar-refractivity contribution in [3.05, 3.63) is 46.0 Å². The van der Waals surface area contributed by atoms with Crippen molar-refractivity contribution in [2.24, 2.45) is 0 Å². The summed E-state index contributed by atoms with van der Waals surface area (Å²) < 4.78 is 0. The van der Waals surface area contributed by atoms with Crippen LogP contribution in [0.5, 0.6) is 0 Å². The summed E-state index contributed by atoms with van der Waals surface area (Å²) in [4.78, 5) is 25.3. The van der Waals surface area contributed by atoms with Crippen molar-refractivity contribution in [1.29, 1.82) is 0 Å². The zero-order valence-electron chi connectivity index (χ0n) is 15.0. The monoisotopic (exact) mass is 357 g/mol. The molecule has 0 bridgehead atoms. The maximum Gasteiger partial charge on any atom is 0.353 e. The highest BCUT2D eigenvalue weighted by Crippen LogP contribution is 2.33. The summed E-state index contributed by atoms with van der Waals surface area (Å²) >= 11 is 0. The minimum Gasteiger partial charge on any atom is -0.378 e. The van der Waals surface area contributed by atoms with Crippen LogP contribution >= 0.6 is 0 Å². The largest absolute Gasteiger partial charge is 0.378 e. The molecule has 3 rings (SSSR count). The topological polar surface area (TPSA) is 105 Å². The summed E-state index contributed by atoms with van der Waals surface area (Å²) in [5.41, 5.74) is 6.88. The maximum atomic E-state index is 11.5. The maximum absolute atomic E-state index is 11.5. The van der Waals surface area contributed by atoms with Gasteiger partial charge in [0, 0.05) is 46.8 Å². The number of piperazine rings is 1. The van der Waals surface area contributed by atoms with Crippen molar-refractivity contribution in [3.63, 3.8) is 0 Å². The Kier molecular flexibility index (Phi) is 5.17. The zero-order valence-corrected chi connectivity index (χ0v) is 15.0. The number of aromatic nitrogens is 2. The number of nitro groups is 1. The second-order valence-corrected chi connectivity index (χ2v) is 6.48. The summed E-state index contributed by atoms with van der Waals surface area (Å²) in [6.07, 6.45) is 0. The second-order valence-electron chi connectivity index (χ2n) is 6.48. The Morgan fingerprint density at radius 2 is 1.81 bits per heavy atom. The molecule has 9 nitrogen and oxygen atoms in total. The molecule has 2 aromatic rings. The van der Waals surface area contributed by atoms with Crippen LogP contribution < -0.4 is 15.5 Å². The first-order chi connectivity index (χ1) is 12.5. The molecule has 0 spiro atoms. The number of hydrogen-bond donors (Lipinski definition) is 1. The number of anilines is 3. The fraction of sp³-hybridized carbons (Fsp3) is 0.412. The molecule has 26 heavy (non-hydrogen) atoms. The fourth-order valence-corrected chi connectivity index (χ4v) is 3.00. The molecule has 0 atom stereocenters. The zero-order chi connectivity index (χ0) is 18.7. The van der Waals surface area contributed by atoms with E-state index in [0.29, 0.717) is 24.9 Å². The Balaban J connectivity index is 1.77. The van der Waals surface area contributed by atoms with Crippen LogP contribution in [0.2, 0.25) is 0 Å². The SMILES string of the molecule is CN(C)c1nc(N)c([N+](=O)[O-])c(N2CCN(Cc3ccccc3)CC2)n1. The summed E-state index contributed by atoms with van der Waals surface area (Å²) in [6, 6.07) is 10.3. The van der Waals surface area contributed by atoms with Gasteiger partial charge in [0.25, 0.3) is 0 Å². The molecule has 0 amide bonds. The van der Waals surface area contributed by atoms with E-state index < -0.39 is 4.92 Å². The lowest BCUT2D eigenvalue weighted by atomic mass is 10.2. The number of hydrogen-bond acceptors (Lipinski definition) is 8. The van der Waals surface area contributed by atoms with Gasteiger partial charge in [0.1, 0.15) is 0 Å². The van der Waals surface area contributed by atoms with Crippen LogP contribution in [0.1, 0.15) is 5.56 Å². The molecule has 2 heterocycles. The molecule has 0 saturated carbocycles. The van der Waals surface area contributed by atoms with Crippen LogP contribution in [-0.2, 0) is 6.54 Å². The highest BCUT2D eigenvalue weighted by Gasteiger charge is 2.29. The molecule has 1 aromatic heterocycles. The number of nitrogens with zero attached hydrogens (tertiary/aromatic N) is 6. The summed E-state index contributed by atoms with van der Waals surface area (Å²) in [5.74, 6) is 0.566. The van der Waals surface area contributed by atoms with E-state index in [0.717, 1.165) is 19.6 Å². The van der Waals surface area contributed by atoms with Crippen molar-refractivity contribution in [2.75, 3.05) is 55.8 Å². The van der Waals surface area contributed by atoms with Gasteiger partial charge < -0.3 is 15.5 Å². The number of rotatable bonds is 5. The smallest absolute Gasteiger partial charge is 0.353 e. The minimum atomic E-state index is -0.500. The Labute approximate surface area is 152 Å². The van der Waals surface area contributed by atoms with Crippen LogP contribution in [0.4, 0.5) is 23.3 Å². The van der Waals surface area contributed by atoms with E-state index in [-0.39, 0.29) is 11.5 Å².